The number of halogens is 2. The monoisotopic (exact) mass is 217 g/mol. The Morgan fingerprint density at radius 2 is 1.87 bits per heavy atom. The number of hydrogen-bond acceptors (Lipinski definition) is 5. The zero-order chi connectivity index (χ0) is 11.4. The number of rotatable bonds is 4. The van der Waals surface area contributed by atoms with Crippen LogP contribution >= 0.6 is 0 Å². The van der Waals surface area contributed by atoms with Gasteiger partial charge in [-0.05, 0) is 13.8 Å². The summed E-state index contributed by atoms with van der Waals surface area (Å²) in [5.41, 5.74) is 3.00. The molecule has 0 saturated heterocycles. The summed E-state index contributed by atoms with van der Waals surface area (Å²) in [5.74, 6) is 6.49. The zero-order valence-corrected chi connectivity index (χ0v) is 8.51. The molecule has 1 heterocycles. The number of nitrogen functional groups attached to an aromatic ring is 1. The van der Waals surface area contributed by atoms with Gasteiger partial charge in [-0.25, -0.2) is 24.6 Å². The van der Waals surface area contributed by atoms with Crippen molar-refractivity contribution in [2.45, 2.75) is 20.3 Å². The molecule has 0 aromatic carbocycles. The normalized spacial score (nSPS) is 10.5. The molecule has 0 aliphatic heterocycles. The van der Waals surface area contributed by atoms with E-state index in [-0.39, 0.29) is 0 Å². The SMILES string of the molecule is Cc1nc(NN)c(C)c(NCC(F)F)n1. The fourth-order valence-corrected chi connectivity index (χ4v) is 1.11. The molecule has 1 aromatic rings. The lowest BCUT2D eigenvalue weighted by atomic mass is 10.3. The highest BCUT2D eigenvalue weighted by Gasteiger charge is 2.09. The predicted octanol–water partition coefficient (Wildman–Crippen LogP) is 1.06. The van der Waals surface area contributed by atoms with Gasteiger partial charge in [0, 0.05) is 5.56 Å². The van der Waals surface area contributed by atoms with Crippen molar-refractivity contribution in [1.29, 1.82) is 0 Å². The van der Waals surface area contributed by atoms with Gasteiger partial charge in [0.05, 0.1) is 6.54 Å². The van der Waals surface area contributed by atoms with Gasteiger partial charge >= 0.3 is 0 Å². The number of alkyl halides is 2. The Hall–Kier alpha value is -1.50. The summed E-state index contributed by atoms with van der Waals surface area (Å²) in [6.07, 6.45) is -2.42. The molecule has 1 rings (SSSR count). The van der Waals surface area contributed by atoms with Crippen molar-refractivity contribution >= 4 is 11.6 Å². The van der Waals surface area contributed by atoms with E-state index in [1.165, 1.54) is 0 Å². The lowest BCUT2D eigenvalue weighted by Crippen LogP contribution is -2.16. The van der Waals surface area contributed by atoms with Crippen LogP contribution in [0.1, 0.15) is 11.4 Å². The summed E-state index contributed by atoms with van der Waals surface area (Å²) in [6.45, 7) is 2.91. The van der Waals surface area contributed by atoms with Crippen molar-refractivity contribution in [3.05, 3.63) is 11.4 Å². The third kappa shape index (κ3) is 2.98. The third-order valence-corrected chi connectivity index (χ3v) is 1.82. The molecule has 0 unspecified atom stereocenters. The van der Waals surface area contributed by atoms with Crippen LogP contribution < -0.4 is 16.6 Å². The molecule has 0 fully saturated rings. The molecule has 0 amide bonds. The molecule has 0 radical (unpaired) electrons. The van der Waals surface area contributed by atoms with Crippen LogP contribution in [0.15, 0.2) is 0 Å². The highest BCUT2D eigenvalue weighted by atomic mass is 19.3. The average Bonchev–Trinajstić information content (AvgIpc) is 2.18. The lowest BCUT2D eigenvalue weighted by molar-refractivity contribution is 0.163. The molecular formula is C8H13F2N5. The molecule has 0 saturated carbocycles. The fraction of sp³-hybridized carbons (Fsp3) is 0.500. The predicted molar refractivity (Wildman–Crippen MR) is 53.8 cm³/mol. The fourth-order valence-electron chi connectivity index (χ4n) is 1.11. The number of nitrogens with zero attached hydrogens (tertiary/aromatic N) is 2. The van der Waals surface area contributed by atoms with Gasteiger partial charge < -0.3 is 10.7 Å². The Labute approximate surface area is 86.1 Å². The van der Waals surface area contributed by atoms with Gasteiger partial charge in [-0.15, -0.1) is 0 Å². The van der Waals surface area contributed by atoms with Crippen LogP contribution in [0.5, 0.6) is 0 Å². The smallest absolute Gasteiger partial charge is 0.255 e. The van der Waals surface area contributed by atoms with Crippen LogP contribution in [-0.2, 0) is 0 Å². The first-order valence-electron chi connectivity index (χ1n) is 4.38. The average molecular weight is 217 g/mol. The Balaban J connectivity index is 2.91. The molecule has 0 spiro atoms. The Morgan fingerprint density at radius 3 is 2.40 bits per heavy atom. The van der Waals surface area contributed by atoms with Crippen LogP contribution in [0.25, 0.3) is 0 Å². The Bertz CT molecular complexity index is 342. The Morgan fingerprint density at radius 1 is 1.27 bits per heavy atom. The number of nitrogens with one attached hydrogen (secondary N) is 2. The molecule has 0 aliphatic carbocycles. The molecule has 0 bridgehead atoms. The maximum absolute atomic E-state index is 12.0. The molecule has 84 valence electrons. The number of nitrogens with two attached hydrogens (primary N) is 1. The molecule has 5 nitrogen and oxygen atoms in total. The molecular weight excluding hydrogens is 204 g/mol. The van der Waals surface area contributed by atoms with E-state index in [2.05, 4.69) is 20.7 Å². The van der Waals surface area contributed by atoms with Gasteiger partial charge in [-0.1, -0.05) is 0 Å². The standard InChI is InChI=1S/C8H13F2N5/c1-4-7(12-3-6(9)10)13-5(2)14-8(4)15-11/h6H,3,11H2,1-2H3,(H2,12,13,14,15). The van der Waals surface area contributed by atoms with E-state index in [9.17, 15) is 8.78 Å². The van der Waals surface area contributed by atoms with Crippen molar-refractivity contribution in [3.8, 4) is 0 Å². The highest BCUT2D eigenvalue weighted by Crippen LogP contribution is 2.18. The summed E-state index contributed by atoms with van der Waals surface area (Å²) < 4.78 is 24.0. The number of aromatic nitrogens is 2. The van der Waals surface area contributed by atoms with E-state index in [1.54, 1.807) is 13.8 Å². The van der Waals surface area contributed by atoms with E-state index in [1.807, 2.05) is 0 Å². The number of hydrogen-bond donors (Lipinski definition) is 3. The first-order valence-corrected chi connectivity index (χ1v) is 4.38. The van der Waals surface area contributed by atoms with Crippen molar-refractivity contribution in [1.82, 2.24) is 9.97 Å². The first-order chi connectivity index (χ1) is 7.04. The summed E-state index contributed by atoms with van der Waals surface area (Å²) in [5, 5.41) is 2.53. The first kappa shape index (κ1) is 11.6. The summed E-state index contributed by atoms with van der Waals surface area (Å²) in [4.78, 5) is 8.01. The summed E-state index contributed by atoms with van der Waals surface area (Å²) in [6, 6.07) is 0. The van der Waals surface area contributed by atoms with E-state index < -0.39 is 13.0 Å². The minimum absolute atomic E-state index is 0.371. The van der Waals surface area contributed by atoms with Gasteiger partial charge in [-0.2, -0.15) is 0 Å². The number of hydrazine groups is 1. The largest absolute Gasteiger partial charge is 0.364 e. The summed E-state index contributed by atoms with van der Waals surface area (Å²) in [7, 11) is 0. The zero-order valence-electron chi connectivity index (χ0n) is 8.51. The number of anilines is 2. The molecule has 1 aromatic heterocycles. The van der Waals surface area contributed by atoms with Crippen LogP contribution in [0.2, 0.25) is 0 Å². The van der Waals surface area contributed by atoms with E-state index >= 15 is 0 Å². The lowest BCUT2D eigenvalue weighted by Gasteiger charge is -2.11. The van der Waals surface area contributed by atoms with E-state index in [4.69, 9.17) is 5.84 Å². The molecule has 4 N–H and O–H groups in total. The van der Waals surface area contributed by atoms with Crippen molar-refractivity contribution in [2.75, 3.05) is 17.3 Å². The van der Waals surface area contributed by atoms with Gasteiger partial charge in [0.15, 0.2) is 0 Å². The minimum Gasteiger partial charge on any atom is -0.364 e. The number of aryl methyl sites for hydroxylation is 1. The van der Waals surface area contributed by atoms with Gasteiger partial charge in [0.2, 0.25) is 0 Å². The van der Waals surface area contributed by atoms with Crippen molar-refractivity contribution < 1.29 is 8.78 Å². The second-order valence-electron chi connectivity index (χ2n) is 3.01. The third-order valence-electron chi connectivity index (χ3n) is 1.82. The second kappa shape index (κ2) is 4.83. The van der Waals surface area contributed by atoms with E-state index in [0.29, 0.717) is 23.0 Å². The summed E-state index contributed by atoms with van der Waals surface area (Å²) >= 11 is 0. The molecule has 0 atom stereocenters. The maximum atomic E-state index is 12.0. The van der Waals surface area contributed by atoms with Gasteiger partial charge in [0.25, 0.3) is 6.43 Å². The van der Waals surface area contributed by atoms with Crippen LogP contribution in [0.3, 0.4) is 0 Å². The van der Waals surface area contributed by atoms with Crippen LogP contribution in [0, 0.1) is 13.8 Å². The minimum atomic E-state index is -2.42. The van der Waals surface area contributed by atoms with Crippen LogP contribution in [-0.4, -0.2) is 22.9 Å². The molecule has 7 heteroatoms. The Kier molecular flexibility index (Phi) is 3.73. The van der Waals surface area contributed by atoms with E-state index in [0.717, 1.165) is 0 Å². The molecule has 15 heavy (non-hydrogen) atoms. The quantitative estimate of drug-likeness (QED) is 0.519. The topological polar surface area (TPSA) is 75.9 Å². The maximum Gasteiger partial charge on any atom is 0.255 e. The van der Waals surface area contributed by atoms with Gasteiger partial charge in [0.1, 0.15) is 17.5 Å². The van der Waals surface area contributed by atoms with Crippen molar-refractivity contribution in [3.63, 3.8) is 0 Å². The van der Waals surface area contributed by atoms with Gasteiger partial charge in [-0.3, -0.25) is 0 Å². The molecule has 0 aliphatic rings. The highest BCUT2D eigenvalue weighted by molar-refractivity contribution is 5.56. The second-order valence-corrected chi connectivity index (χ2v) is 3.01. The van der Waals surface area contributed by atoms with Crippen LogP contribution in [0.4, 0.5) is 20.4 Å². The van der Waals surface area contributed by atoms with Crippen molar-refractivity contribution in [2.24, 2.45) is 5.84 Å².